The van der Waals surface area contributed by atoms with Crippen molar-refractivity contribution in [1.29, 1.82) is 0 Å². The molecule has 1 aromatic heterocycles. The van der Waals surface area contributed by atoms with Gasteiger partial charge in [0.25, 0.3) is 0 Å². The third kappa shape index (κ3) is 6.11. The average Bonchev–Trinajstić information content (AvgIpc) is 2.67. The lowest BCUT2D eigenvalue weighted by Crippen LogP contribution is -2.60. The number of hydrogen-bond acceptors (Lipinski definition) is 9. The second kappa shape index (κ2) is 9.67. The van der Waals surface area contributed by atoms with E-state index in [4.69, 9.17) is 9.47 Å². The van der Waals surface area contributed by atoms with Gasteiger partial charge >= 0.3 is 12.0 Å². The van der Waals surface area contributed by atoms with E-state index in [1.807, 2.05) is 55.4 Å². The van der Waals surface area contributed by atoms with Crippen LogP contribution in [0.2, 0.25) is 0 Å². The smallest absolute Gasteiger partial charge is 0.323 e. The number of aliphatic hydroxyl groups is 1. The predicted molar refractivity (Wildman–Crippen MR) is 126 cm³/mol. The standard InChI is InChI=1S/C23H39N5O5S/c1-20(2)11-15(12-21(3,4)27(20)30)32-17-24-18(26-19(25-17)34-10-9-29)33-16-13-22(5,6)28(31)23(7,8)14-16/h15-16,29H,9-14H2,1-8H3. The van der Waals surface area contributed by atoms with E-state index >= 15 is 0 Å². The fourth-order valence-corrected chi connectivity index (χ4v) is 5.99. The van der Waals surface area contributed by atoms with Crippen molar-refractivity contribution in [2.24, 2.45) is 0 Å². The van der Waals surface area contributed by atoms with Gasteiger partial charge in [0.15, 0.2) is 5.16 Å². The maximum atomic E-state index is 12.7. The molecule has 2 aliphatic heterocycles. The van der Waals surface area contributed by atoms with Crippen LogP contribution in [-0.2, 0) is 10.4 Å². The Balaban J connectivity index is 1.83. The van der Waals surface area contributed by atoms with Crippen LogP contribution in [0.4, 0.5) is 0 Å². The molecule has 10 nitrogen and oxygen atoms in total. The summed E-state index contributed by atoms with van der Waals surface area (Å²) >= 11 is 1.28. The highest BCUT2D eigenvalue weighted by molar-refractivity contribution is 7.99. The summed E-state index contributed by atoms with van der Waals surface area (Å²) in [6.07, 6.45) is 1.64. The molecular formula is C23H39N5O5S. The molecule has 0 atom stereocenters. The van der Waals surface area contributed by atoms with Crippen molar-refractivity contribution in [1.82, 2.24) is 25.1 Å². The molecule has 1 N–H and O–H groups in total. The fraction of sp³-hybridized carbons (Fsp3) is 0.870. The van der Waals surface area contributed by atoms with E-state index in [0.29, 0.717) is 36.6 Å². The molecule has 0 aliphatic carbocycles. The Morgan fingerprint density at radius 3 is 1.44 bits per heavy atom. The van der Waals surface area contributed by atoms with E-state index in [1.165, 1.54) is 11.8 Å². The van der Waals surface area contributed by atoms with Gasteiger partial charge in [-0.15, -0.1) is 25.5 Å². The van der Waals surface area contributed by atoms with Gasteiger partial charge in [0, 0.05) is 53.6 Å². The molecule has 34 heavy (non-hydrogen) atoms. The Morgan fingerprint density at radius 1 is 0.765 bits per heavy atom. The summed E-state index contributed by atoms with van der Waals surface area (Å²) in [5.41, 5.74) is -2.35. The van der Waals surface area contributed by atoms with Crippen LogP contribution in [0, 0.1) is 0 Å². The molecule has 0 unspecified atom stereocenters. The second-order valence-corrected chi connectivity index (χ2v) is 13.0. The van der Waals surface area contributed by atoms with Gasteiger partial charge < -0.3 is 14.6 Å². The molecule has 0 spiro atoms. The van der Waals surface area contributed by atoms with E-state index in [0.717, 1.165) is 10.1 Å². The minimum atomic E-state index is -0.587. The minimum Gasteiger partial charge on any atom is -0.460 e. The highest BCUT2D eigenvalue weighted by Gasteiger charge is 2.48. The van der Waals surface area contributed by atoms with E-state index in [9.17, 15) is 15.5 Å². The van der Waals surface area contributed by atoms with Crippen LogP contribution in [0.1, 0.15) is 81.1 Å². The number of aromatic nitrogens is 3. The van der Waals surface area contributed by atoms with Crippen molar-refractivity contribution < 1.29 is 25.0 Å². The fourth-order valence-electron chi connectivity index (χ4n) is 5.44. The first-order chi connectivity index (χ1) is 15.6. The first kappa shape index (κ1) is 27.3. The maximum Gasteiger partial charge on any atom is 0.323 e. The Morgan fingerprint density at radius 2 is 1.12 bits per heavy atom. The summed E-state index contributed by atoms with van der Waals surface area (Å²) in [4.78, 5) is 13.3. The second-order valence-electron chi connectivity index (χ2n) is 11.9. The number of rotatable bonds is 7. The molecule has 0 saturated carbocycles. The molecule has 192 valence electrons. The largest absolute Gasteiger partial charge is 0.460 e. The minimum absolute atomic E-state index is 0.0165. The monoisotopic (exact) mass is 497 g/mol. The molecule has 2 radical (unpaired) electrons. The number of nitrogens with zero attached hydrogens (tertiary/aromatic N) is 5. The van der Waals surface area contributed by atoms with Crippen LogP contribution in [0.5, 0.6) is 12.0 Å². The number of aliphatic hydroxyl groups excluding tert-OH is 1. The van der Waals surface area contributed by atoms with Crippen LogP contribution < -0.4 is 9.47 Å². The SMILES string of the molecule is CC1(C)CC(Oc2nc(OC3CC(C)(C)N([O])C(C)(C)C3)nc(SCCO)n2)CC(C)(C)N1[O]. The lowest BCUT2D eigenvalue weighted by molar-refractivity contribution is -0.297. The first-order valence-electron chi connectivity index (χ1n) is 11.8. The summed E-state index contributed by atoms with van der Waals surface area (Å²) in [5, 5.41) is 37.3. The topological polar surface area (TPSA) is 124 Å². The Bertz CT molecular complexity index is 768. The Hall–Kier alpha value is -1.24. The molecule has 0 aromatic carbocycles. The van der Waals surface area contributed by atoms with Crippen molar-refractivity contribution in [2.45, 2.75) is 121 Å². The third-order valence-electron chi connectivity index (χ3n) is 6.55. The zero-order valence-electron chi connectivity index (χ0n) is 21.6. The summed E-state index contributed by atoms with van der Waals surface area (Å²) in [6.45, 7) is 15.3. The van der Waals surface area contributed by atoms with Gasteiger partial charge in [0.05, 0.1) is 6.61 Å². The van der Waals surface area contributed by atoms with Crippen molar-refractivity contribution in [3.63, 3.8) is 0 Å². The number of ether oxygens (including phenoxy) is 2. The van der Waals surface area contributed by atoms with Crippen molar-refractivity contribution in [2.75, 3.05) is 12.4 Å². The number of piperidine rings is 2. The van der Waals surface area contributed by atoms with Gasteiger partial charge in [0.2, 0.25) is 0 Å². The Labute approximate surface area is 207 Å². The number of hydrogen-bond donors (Lipinski definition) is 1. The first-order valence-corrected chi connectivity index (χ1v) is 12.8. The van der Waals surface area contributed by atoms with Crippen LogP contribution >= 0.6 is 11.8 Å². The summed E-state index contributed by atoms with van der Waals surface area (Å²) in [6, 6.07) is 0.280. The van der Waals surface area contributed by atoms with E-state index in [2.05, 4.69) is 15.0 Å². The molecule has 2 saturated heterocycles. The van der Waals surface area contributed by atoms with Crippen LogP contribution in [0.25, 0.3) is 0 Å². The predicted octanol–water partition coefficient (Wildman–Crippen LogP) is 3.45. The third-order valence-corrected chi connectivity index (χ3v) is 7.38. The van der Waals surface area contributed by atoms with Gasteiger partial charge in [-0.25, -0.2) is 0 Å². The molecule has 3 rings (SSSR count). The van der Waals surface area contributed by atoms with Crippen LogP contribution in [-0.4, -0.2) is 76.9 Å². The molecule has 3 heterocycles. The van der Waals surface area contributed by atoms with Crippen molar-refractivity contribution in [3.8, 4) is 12.0 Å². The molecule has 11 heteroatoms. The molecule has 2 fully saturated rings. The highest BCUT2D eigenvalue weighted by Crippen LogP contribution is 2.40. The molecule has 1 aromatic rings. The van der Waals surface area contributed by atoms with Gasteiger partial charge in [-0.1, -0.05) is 11.8 Å². The zero-order valence-corrected chi connectivity index (χ0v) is 22.4. The zero-order chi connectivity index (χ0) is 25.5. The number of hydroxylamine groups is 4. The maximum absolute atomic E-state index is 12.7. The summed E-state index contributed by atoms with van der Waals surface area (Å²) in [5.74, 6) is 0.423. The van der Waals surface area contributed by atoms with Gasteiger partial charge in [-0.05, 0) is 55.4 Å². The van der Waals surface area contributed by atoms with E-state index in [-0.39, 0.29) is 30.8 Å². The normalized spacial score (nSPS) is 25.3. The van der Waals surface area contributed by atoms with Crippen molar-refractivity contribution in [3.05, 3.63) is 0 Å². The van der Waals surface area contributed by atoms with Crippen molar-refractivity contribution >= 4 is 11.8 Å². The van der Waals surface area contributed by atoms with Gasteiger partial charge in [0.1, 0.15) is 12.2 Å². The molecule has 0 amide bonds. The average molecular weight is 498 g/mol. The van der Waals surface area contributed by atoms with E-state index in [1.54, 1.807) is 0 Å². The highest BCUT2D eigenvalue weighted by atomic mass is 32.2. The molecular weight excluding hydrogens is 458 g/mol. The quantitative estimate of drug-likeness (QED) is 0.564. The lowest BCUT2D eigenvalue weighted by Gasteiger charge is -2.49. The van der Waals surface area contributed by atoms with Gasteiger partial charge in [-0.3, -0.25) is 0 Å². The summed E-state index contributed by atoms with van der Waals surface area (Å²) in [7, 11) is 0. The van der Waals surface area contributed by atoms with E-state index < -0.39 is 22.2 Å². The lowest BCUT2D eigenvalue weighted by atomic mass is 9.80. The molecule has 2 aliphatic rings. The van der Waals surface area contributed by atoms with Gasteiger partial charge in [-0.2, -0.15) is 9.97 Å². The molecule has 0 bridgehead atoms. The Kier molecular flexibility index (Phi) is 7.77. The van der Waals surface area contributed by atoms with Crippen LogP contribution in [0.15, 0.2) is 5.16 Å². The number of thioether (sulfide) groups is 1. The van der Waals surface area contributed by atoms with Crippen LogP contribution in [0.3, 0.4) is 0 Å². The summed E-state index contributed by atoms with van der Waals surface area (Å²) < 4.78 is 12.4.